The zero-order valence-electron chi connectivity index (χ0n) is 7.80. The lowest BCUT2D eigenvalue weighted by Crippen LogP contribution is -2.02. The Hall–Kier alpha value is -1.33. The maximum absolute atomic E-state index is 12.9. The van der Waals surface area contributed by atoms with Crippen LogP contribution in [0.15, 0.2) is 29.6 Å². The number of hydrogen-bond acceptors (Lipinski definition) is 4. The van der Waals surface area contributed by atoms with Gasteiger partial charge in [0.05, 0.1) is 0 Å². The van der Waals surface area contributed by atoms with E-state index in [4.69, 9.17) is 0 Å². The molecule has 0 aliphatic heterocycles. The minimum atomic E-state index is -0.717. The van der Waals surface area contributed by atoms with Gasteiger partial charge in [-0.2, -0.15) is 0 Å². The van der Waals surface area contributed by atoms with E-state index in [9.17, 15) is 9.50 Å². The highest BCUT2D eigenvalue weighted by Crippen LogP contribution is 2.17. The normalized spacial score (nSPS) is 12.7. The number of benzene rings is 1. The predicted molar refractivity (Wildman–Crippen MR) is 55.0 cm³/mol. The number of hydrogen-bond donors (Lipinski definition) is 1. The molecule has 1 aromatic heterocycles. The van der Waals surface area contributed by atoms with Gasteiger partial charge in [0.15, 0.2) is 0 Å². The van der Waals surface area contributed by atoms with Gasteiger partial charge in [0.25, 0.3) is 0 Å². The van der Waals surface area contributed by atoms with Crippen molar-refractivity contribution in [2.45, 2.75) is 12.5 Å². The van der Waals surface area contributed by atoms with Crippen LogP contribution in [0.1, 0.15) is 17.4 Å². The van der Waals surface area contributed by atoms with E-state index < -0.39 is 6.10 Å². The first-order valence-electron chi connectivity index (χ1n) is 4.45. The van der Waals surface area contributed by atoms with Gasteiger partial charge in [-0.1, -0.05) is 16.6 Å². The number of aliphatic hydroxyl groups excluding tert-OH is 1. The Labute approximate surface area is 90.4 Å². The summed E-state index contributed by atoms with van der Waals surface area (Å²) in [4.78, 5) is 0. The molecule has 1 unspecified atom stereocenters. The maximum atomic E-state index is 12.9. The summed E-state index contributed by atoms with van der Waals surface area (Å²) >= 11 is 1.19. The number of rotatable bonds is 3. The number of aliphatic hydroxyl groups is 1. The Bertz CT molecular complexity index is 433. The molecule has 5 heteroatoms. The van der Waals surface area contributed by atoms with E-state index in [0.717, 1.165) is 5.56 Å². The SMILES string of the molecule is OC(Cc1cccc(F)c1)c1csnn1. The van der Waals surface area contributed by atoms with Crippen LogP contribution in [0.5, 0.6) is 0 Å². The van der Waals surface area contributed by atoms with Crippen molar-refractivity contribution < 1.29 is 9.50 Å². The molecule has 3 nitrogen and oxygen atoms in total. The van der Waals surface area contributed by atoms with E-state index in [1.165, 1.54) is 23.7 Å². The van der Waals surface area contributed by atoms with Crippen LogP contribution in [0.25, 0.3) is 0 Å². The summed E-state index contributed by atoms with van der Waals surface area (Å²) in [5, 5.41) is 15.2. The van der Waals surface area contributed by atoms with E-state index in [1.54, 1.807) is 17.5 Å². The second-order valence-electron chi connectivity index (χ2n) is 3.18. The van der Waals surface area contributed by atoms with Gasteiger partial charge in [-0.25, -0.2) is 4.39 Å². The van der Waals surface area contributed by atoms with E-state index in [-0.39, 0.29) is 5.82 Å². The summed E-state index contributed by atoms with van der Waals surface area (Å²) in [6.07, 6.45) is -0.367. The van der Waals surface area contributed by atoms with Crippen LogP contribution in [0.3, 0.4) is 0 Å². The highest BCUT2D eigenvalue weighted by atomic mass is 32.1. The lowest BCUT2D eigenvalue weighted by molar-refractivity contribution is 0.173. The summed E-state index contributed by atoms with van der Waals surface area (Å²) in [6, 6.07) is 6.17. The number of nitrogens with zero attached hydrogens (tertiary/aromatic N) is 2. The van der Waals surface area contributed by atoms with Crippen molar-refractivity contribution in [3.05, 3.63) is 46.7 Å². The van der Waals surface area contributed by atoms with Crippen molar-refractivity contribution in [2.24, 2.45) is 0 Å². The van der Waals surface area contributed by atoms with Crippen LogP contribution in [0.4, 0.5) is 4.39 Å². The van der Waals surface area contributed by atoms with Crippen LogP contribution in [-0.2, 0) is 6.42 Å². The summed E-state index contributed by atoms with van der Waals surface area (Å²) in [5.41, 5.74) is 1.28. The van der Waals surface area contributed by atoms with Gasteiger partial charge in [-0.3, -0.25) is 0 Å². The third-order valence-corrected chi connectivity index (χ3v) is 2.56. The highest BCUT2D eigenvalue weighted by Gasteiger charge is 2.11. The van der Waals surface area contributed by atoms with Gasteiger partial charge < -0.3 is 5.11 Å². The molecule has 1 heterocycles. The standard InChI is InChI=1S/C10H9FN2OS/c11-8-3-1-2-7(4-8)5-10(14)9-6-15-13-12-9/h1-4,6,10,14H,5H2. The Balaban J connectivity index is 2.09. The smallest absolute Gasteiger partial charge is 0.123 e. The van der Waals surface area contributed by atoms with Gasteiger partial charge in [0.2, 0.25) is 0 Å². The van der Waals surface area contributed by atoms with Crippen LogP contribution >= 0.6 is 11.5 Å². The summed E-state index contributed by atoms with van der Waals surface area (Å²) in [6.45, 7) is 0. The minimum absolute atomic E-state index is 0.295. The van der Waals surface area contributed by atoms with Gasteiger partial charge >= 0.3 is 0 Å². The van der Waals surface area contributed by atoms with Crippen molar-refractivity contribution in [3.8, 4) is 0 Å². The van der Waals surface area contributed by atoms with Crippen LogP contribution in [-0.4, -0.2) is 14.7 Å². The Morgan fingerprint density at radius 1 is 1.47 bits per heavy atom. The fourth-order valence-corrected chi connectivity index (χ4v) is 1.81. The van der Waals surface area contributed by atoms with Crippen molar-refractivity contribution in [1.82, 2.24) is 9.59 Å². The minimum Gasteiger partial charge on any atom is -0.386 e. The highest BCUT2D eigenvalue weighted by molar-refractivity contribution is 7.03. The Morgan fingerprint density at radius 3 is 3.00 bits per heavy atom. The fraction of sp³-hybridized carbons (Fsp3) is 0.200. The van der Waals surface area contributed by atoms with Crippen LogP contribution in [0, 0.1) is 5.82 Å². The van der Waals surface area contributed by atoms with Crippen molar-refractivity contribution in [3.63, 3.8) is 0 Å². The van der Waals surface area contributed by atoms with E-state index in [2.05, 4.69) is 9.59 Å². The Morgan fingerprint density at radius 2 is 2.33 bits per heavy atom. The summed E-state index contributed by atoms with van der Waals surface area (Å²) in [5.74, 6) is -0.295. The second kappa shape index (κ2) is 4.46. The topological polar surface area (TPSA) is 46.0 Å². The third-order valence-electron chi connectivity index (χ3n) is 2.04. The molecule has 2 aromatic rings. The Kier molecular flexibility index (Phi) is 3.03. The lowest BCUT2D eigenvalue weighted by Gasteiger charge is -2.06. The quantitative estimate of drug-likeness (QED) is 0.866. The molecule has 1 aromatic carbocycles. The van der Waals surface area contributed by atoms with Gasteiger partial charge in [-0.15, -0.1) is 5.10 Å². The van der Waals surface area contributed by atoms with Gasteiger partial charge in [-0.05, 0) is 29.2 Å². The molecule has 0 saturated carbocycles. The molecule has 1 N–H and O–H groups in total. The first kappa shape index (κ1) is 10.2. The molecule has 15 heavy (non-hydrogen) atoms. The average molecular weight is 224 g/mol. The number of aromatic nitrogens is 2. The molecule has 0 aliphatic carbocycles. The largest absolute Gasteiger partial charge is 0.386 e. The lowest BCUT2D eigenvalue weighted by atomic mass is 10.1. The molecule has 2 rings (SSSR count). The fourth-order valence-electron chi connectivity index (χ4n) is 1.31. The zero-order valence-corrected chi connectivity index (χ0v) is 8.62. The molecule has 0 bridgehead atoms. The number of halogens is 1. The van der Waals surface area contributed by atoms with Crippen molar-refractivity contribution >= 4 is 11.5 Å². The molecule has 0 amide bonds. The van der Waals surface area contributed by atoms with Crippen LogP contribution < -0.4 is 0 Å². The molecular weight excluding hydrogens is 215 g/mol. The average Bonchev–Trinajstić information content (AvgIpc) is 2.70. The van der Waals surface area contributed by atoms with Gasteiger partial charge in [0.1, 0.15) is 17.6 Å². The molecule has 0 radical (unpaired) electrons. The molecular formula is C10H9FN2OS. The first-order valence-corrected chi connectivity index (χ1v) is 5.29. The summed E-state index contributed by atoms with van der Waals surface area (Å²) < 4.78 is 16.5. The maximum Gasteiger partial charge on any atom is 0.123 e. The van der Waals surface area contributed by atoms with Crippen molar-refractivity contribution in [1.29, 1.82) is 0 Å². The molecule has 0 fully saturated rings. The first-order chi connectivity index (χ1) is 7.25. The van der Waals surface area contributed by atoms with Gasteiger partial charge in [0, 0.05) is 11.8 Å². The zero-order chi connectivity index (χ0) is 10.7. The van der Waals surface area contributed by atoms with Crippen molar-refractivity contribution in [2.75, 3.05) is 0 Å². The van der Waals surface area contributed by atoms with E-state index in [1.807, 2.05) is 0 Å². The van der Waals surface area contributed by atoms with Crippen LogP contribution in [0.2, 0.25) is 0 Å². The second-order valence-corrected chi connectivity index (χ2v) is 3.79. The molecule has 0 spiro atoms. The molecule has 0 saturated heterocycles. The third kappa shape index (κ3) is 2.57. The molecule has 1 atom stereocenters. The predicted octanol–water partition coefficient (Wildman–Crippen LogP) is 1.95. The monoisotopic (exact) mass is 224 g/mol. The molecule has 0 aliphatic rings. The summed E-state index contributed by atoms with van der Waals surface area (Å²) in [7, 11) is 0. The van der Waals surface area contributed by atoms with E-state index >= 15 is 0 Å². The molecule has 78 valence electrons. The van der Waals surface area contributed by atoms with E-state index in [0.29, 0.717) is 12.1 Å².